The molecule has 0 aliphatic carbocycles. The first-order valence-electron chi connectivity index (χ1n) is 10.5. The lowest BCUT2D eigenvalue weighted by Gasteiger charge is -2.36. The van der Waals surface area contributed by atoms with Crippen LogP contribution in [0.1, 0.15) is 10.4 Å². The van der Waals surface area contributed by atoms with Crippen LogP contribution in [0.4, 0.5) is 17.2 Å². The zero-order valence-corrected chi connectivity index (χ0v) is 18.7. The van der Waals surface area contributed by atoms with Crippen LogP contribution in [0.3, 0.4) is 0 Å². The Morgan fingerprint density at radius 3 is 2.27 bits per heavy atom. The van der Waals surface area contributed by atoms with Gasteiger partial charge in [-0.3, -0.25) is 19.4 Å². The molecule has 1 aliphatic heterocycles. The highest BCUT2D eigenvalue weighted by atomic mass is 32.2. The van der Waals surface area contributed by atoms with Crippen molar-refractivity contribution < 1.29 is 9.59 Å². The van der Waals surface area contributed by atoms with Gasteiger partial charge in [-0.25, -0.2) is 4.98 Å². The number of para-hydroxylation sites is 1. The molecule has 1 fully saturated rings. The van der Waals surface area contributed by atoms with Crippen LogP contribution in [-0.2, 0) is 4.79 Å². The smallest absolute Gasteiger partial charge is 0.277 e. The van der Waals surface area contributed by atoms with Gasteiger partial charge >= 0.3 is 0 Å². The molecule has 33 heavy (non-hydrogen) atoms. The molecule has 1 saturated heterocycles. The Labute approximate surface area is 195 Å². The zero-order chi connectivity index (χ0) is 23.2. The molecule has 0 spiro atoms. The molecule has 10 heteroatoms. The quantitative estimate of drug-likeness (QED) is 0.377. The van der Waals surface area contributed by atoms with Crippen LogP contribution in [0, 0.1) is 0 Å². The van der Waals surface area contributed by atoms with Crippen molar-refractivity contribution in [2.75, 3.05) is 47.9 Å². The van der Waals surface area contributed by atoms with Crippen LogP contribution in [0.2, 0.25) is 0 Å². The Balaban J connectivity index is 1.32. The van der Waals surface area contributed by atoms with E-state index in [9.17, 15) is 14.4 Å². The third kappa shape index (κ3) is 5.53. The predicted molar refractivity (Wildman–Crippen MR) is 130 cm³/mol. The Kier molecular flexibility index (Phi) is 6.94. The van der Waals surface area contributed by atoms with Crippen molar-refractivity contribution in [2.24, 2.45) is 0 Å². The largest absolute Gasteiger partial charge is 0.382 e. The minimum atomic E-state index is -0.571. The van der Waals surface area contributed by atoms with Gasteiger partial charge in [-0.05, 0) is 24.3 Å². The topological polar surface area (TPSA) is 124 Å². The number of nitrogens with one attached hydrogen (secondary N) is 2. The first-order valence-corrected chi connectivity index (χ1v) is 11.5. The van der Waals surface area contributed by atoms with Crippen LogP contribution < -0.4 is 21.5 Å². The molecule has 2 aromatic carbocycles. The van der Waals surface area contributed by atoms with Crippen molar-refractivity contribution in [3.8, 4) is 0 Å². The number of carbonyl (C=O) groups excluding carboxylic acids is 2. The number of aromatic amines is 1. The highest BCUT2D eigenvalue weighted by Gasteiger charge is 2.22. The summed E-state index contributed by atoms with van der Waals surface area (Å²) >= 11 is 1.11. The molecule has 0 atom stereocenters. The molecule has 1 aromatic heterocycles. The second-order valence-corrected chi connectivity index (χ2v) is 8.41. The molecular formula is C23H24N6O3S. The van der Waals surface area contributed by atoms with E-state index < -0.39 is 11.5 Å². The number of nitrogen functional groups attached to an aromatic ring is 1. The van der Waals surface area contributed by atoms with E-state index in [1.807, 2.05) is 23.1 Å². The van der Waals surface area contributed by atoms with Gasteiger partial charge in [0.05, 0.1) is 5.75 Å². The Morgan fingerprint density at radius 1 is 1.00 bits per heavy atom. The number of anilines is 3. The van der Waals surface area contributed by atoms with Crippen molar-refractivity contribution in [1.29, 1.82) is 0 Å². The zero-order valence-electron chi connectivity index (χ0n) is 17.9. The van der Waals surface area contributed by atoms with Crippen LogP contribution in [0.25, 0.3) is 0 Å². The third-order valence-corrected chi connectivity index (χ3v) is 6.14. The highest BCUT2D eigenvalue weighted by Crippen LogP contribution is 2.19. The van der Waals surface area contributed by atoms with Gasteiger partial charge in [0, 0.05) is 37.4 Å². The van der Waals surface area contributed by atoms with Crippen molar-refractivity contribution in [1.82, 2.24) is 14.9 Å². The molecule has 9 nitrogen and oxygen atoms in total. The van der Waals surface area contributed by atoms with Crippen LogP contribution >= 0.6 is 11.8 Å². The number of thioether (sulfide) groups is 1. The monoisotopic (exact) mass is 464 g/mol. The summed E-state index contributed by atoms with van der Waals surface area (Å²) in [6.45, 7) is 2.78. The lowest BCUT2D eigenvalue weighted by atomic mass is 10.2. The molecule has 3 aromatic rings. The number of hydrogen-bond acceptors (Lipinski definition) is 7. The minimum absolute atomic E-state index is 0.0320. The van der Waals surface area contributed by atoms with Crippen molar-refractivity contribution in [2.45, 2.75) is 5.16 Å². The van der Waals surface area contributed by atoms with E-state index in [1.54, 1.807) is 30.3 Å². The lowest BCUT2D eigenvalue weighted by Crippen LogP contribution is -2.49. The summed E-state index contributed by atoms with van der Waals surface area (Å²) in [5.41, 5.74) is 6.77. The normalized spacial score (nSPS) is 13.6. The summed E-state index contributed by atoms with van der Waals surface area (Å²) in [4.78, 5) is 48.2. The number of carbonyl (C=O) groups is 2. The predicted octanol–water partition coefficient (Wildman–Crippen LogP) is 2.05. The summed E-state index contributed by atoms with van der Waals surface area (Å²) < 4.78 is 0. The van der Waals surface area contributed by atoms with E-state index in [0.717, 1.165) is 30.5 Å². The maximum absolute atomic E-state index is 12.6. The van der Waals surface area contributed by atoms with Gasteiger partial charge in [0.2, 0.25) is 5.91 Å². The van der Waals surface area contributed by atoms with Crippen molar-refractivity contribution in [3.05, 3.63) is 76.6 Å². The Morgan fingerprint density at radius 2 is 1.64 bits per heavy atom. The third-order valence-electron chi connectivity index (χ3n) is 5.29. The molecule has 2 heterocycles. The molecule has 4 N–H and O–H groups in total. The fraction of sp³-hybridized carbons (Fsp3) is 0.217. The number of rotatable bonds is 6. The van der Waals surface area contributed by atoms with Gasteiger partial charge in [0.15, 0.2) is 11.0 Å². The van der Waals surface area contributed by atoms with E-state index in [0.29, 0.717) is 18.7 Å². The van der Waals surface area contributed by atoms with Gasteiger partial charge in [0.25, 0.3) is 11.5 Å². The summed E-state index contributed by atoms with van der Waals surface area (Å²) in [6.07, 6.45) is 0. The molecule has 170 valence electrons. The van der Waals surface area contributed by atoms with E-state index in [1.165, 1.54) is 0 Å². The summed E-state index contributed by atoms with van der Waals surface area (Å²) in [5, 5.41) is 2.73. The van der Waals surface area contributed by atoms with E-state index in [2.05, 4.69) is 32.3 Å². The first kappa shape index (κ1) is 22.4. The average molecular weight is 465 g/mol. The van der Waals surface area contributed by atoms with Gasteiger partial charge in [-0.15, -0.1) is 0 Å². The summed E-state index contributed by atoms with van der Waals surface area (Å²) in [7, 11) is 0. The molecule has 0 unspecified atom stereocenters. The Hall–Kier alpha value is -3.79. The van der Waals surface area contributed by atoms with Gasteiger partial charge in [-0.2, -0.15) is 0 Å². The Bertz CT molecular complexity index is 1180. The first-order chi connectivity index (χ1) is 16.0. The van der Waals surface area contributed by atoms with Gasteiger partial charge in [0.1, 0.15) is 5.69 Å². The number of nitrogens with two attached hydrogens (primary N) is 1. The maximum atomic E-state index is 12.6. The van der Waals surface area contributed by atoms with Crippen LogP contribution in [0.5, 0.6) is 0 Å². The summed E-state index contributed by atoms with van der Waals surface area (Å²) in [5.74, 6) is -0.464. The molecule has 0 bridgehead atoms. The van der Waals surface area contributed by atoms with Crippen LogP contribution in [-0.4, -0.2) is 58.6 Å². The highest BCUT2D eigenvalue weighted by molar-refractivity contribution is 7.99. The lowest BCUT2D eigenvalue weighted by molar-refractivity contribution is -0.128. The minimum Gasteiger partial charge on any atom is -0.382 e. The van der Waals surface area contributed by atoms with E-state index >= 15 is 0 Å². The standard InChI is InChI=1S/C23H24N6O3S/c24-20-19(25-21(31)16-7-3-1-4-8-16)22(32)27-23(26-20)33-15-18(30)29-13-11-28(12-14-29)17-9-5-2-6-10-17/h1-10H,11-15H2,(H,25,31)(H3,24,26,27,32). The number of piperazine rings is 1. The number of hydrogen-bond donors (Lipinski definition) is 3. The number of aromatic nitrogens is 2. The molecule has 0 radical (unpaired) electrons. The van der Waals surface area contributed by atoms with E-state index in [-0.39, 0.29) is 28.3 Å². The van der Waals surface area contributed by atoms with Gasteiger partial charge < -0.3 is 20.9 Å². The van der Waals surface area contributed by atoms with Crippen LogP contribution in [0.15, 0.2) is 70.6 Å². The molecule has 0 saturated carbocycles. The average Bonchev–Trinajstić information content (AvgIpc) is 2.86. The van der Waals surface area contributed by atoms with Crippen molar-refractivity contribution in [3.63, 3.8) is 0 Å². The second kappa shape index (κ2) is 10.2. The molecule has 2 amide bonds. The van der Waals surface area contributed by atoms with Crippen molar-refractivity contribution >= 4 is 40.8 Å². The fourth-order valence-corrected chi connectivity index (χ4v) is 4.28. The molecule has 1 aliphatic rings. The fourth-order valence-electron chi connectivity index (χ4n) is 3.51. The number of amides is 2. The molecule has 4 rings (SSSR count). The number of H-pyrrole nitrogens is 1. The van der Waals surface area contributed by atoms with E-state index in [4.69, 9.17) is 5.73 Å². The maximum Gasteiger partial charge on any atom is 0.277 e. The number of nitrogens with zero attached hydrogens (tertiary/aromatic N) is 3. The molecular weight excluding hydrogens is 440 g/mol. The number of benzene rings is 2. The summed E-state index contributed by atoms with van der Waals surface area (Å²) in [6, 6.07) is 18.6. The SMILES string of the molecule is Nc1nc(SCC(=O)N2CCN(c3ccccc3)CC2)[nH]c(=O)c1NC(=O)c1ccccc1. The van der Waals surface area contributed by atoms with Gasteiger partial charge in [-0.1, -0.05) is 48.2 Å². The second-order valence-electron chi connectivity index (χ2n) is 7.44.